The molecule has 0 aliphatic heterocycles. The number of nitrogens with one attached hydrogen (secondary N) is 1. The molecule has 1 aromatic heterocycles. The van der Waals surface area contributed by atoms with Gasteiger partial charge in [0.15, 0.2) is 0 Å². The van der Waals surface area contributed by atoms with Crippen LogP contribution in [-0.2, 0) is 4.79 Å². The normalized spacial score (nSPS) is 11.5. The summed E-state index contributed by atoms with van der Waals surface area (Å²) in [7, 11) is 3.79. The Kier molecular flexibility index (Phi) is 9.56. The van der Waals surface area contributed by atoms with Crippen molar-refractivity contribution in [3.8, 4) is 0 Å². The minimum Gasteiger partial charge on any atom is -0.384 e. The third-order valence-electron chi connectivity index (χ3n) is 2.51. The Morgan fingerprint density at radius 3 is 2.26 bits per heavy atom. The van der Waals surface area contributed by atoms with Gasteiger partial charge in [-0.3, -0.25) is 9.69 Å². The van der Waals surface area contributed by atoms with Crippen molar-refractivity contribution in [2.24, 2.45) is 5.92 Å². The number of amides is 1. The summed E-state index contributed by atoms with van der Waals surface area (Å²) in [5, 5.41) is 2.83. The van der Waals surface area contributed by atoms with Crippen LogP contribution in [0.25, 0.3) is 0 Å². The first kappa shape index (κ1) is 20.3. The first-order valence-electron chi connectivity index (χ1n) is 5.60. The van der Waals surface area contributed by atoms with Crippen LogP contribution in [0.2, 0.25) is 0 Å². The second-order valence-corrected chi connectivity index (χ2v) is 4.61. The lowest BCUT2D eigenvalue weighted by atomic mass is 10.0. The fourth-order valence-electron chi connectivity index (χ4n) is 1.83. The number of likely N-dealkylation sites (N-methyl/N-ethyl adjacent to an activating group) is 1. The Morgan fingerprint density at radius 1 is 1.32 bits per heavy atom. The molecule has 1 atom stereocenters. The first-order valence-corrected chi connectivity index (χ1v) is 5.60. The highest BCUT2D eigenvalue weighted by molar-refractivity contribution is 5.94. The van der Waals surface area contributed by atoms with Gasteiger partial charge in [0.1, 0.15) is 5.82 Å². The molecule has 3 N–H and O–H groups in total. The van der Waals surface area contributed by atoms with Gasteiger partial charge in [-0.2, -0.15) is 0 Å². The zero-order valence-electron chi connectivity index (χ0n) is 11.6. The maximum atomic E-state index is 12.1. The average Bonchev–Trinajstić information content (AvgIpc) is 2.20. The maximum absolute atomic E-state index is 12.1. The number of hydrogen-bond donors (Lipinski definition) is 2. The first-order chi connectivity index (χ1) is 7.91. The van der Waals surface area contributed by atoms with Crippen molar-refractivity contribution in [2.75, 3.05) is 25.1 Å². The van der Waals surface area contributed by atoms with Gasteiger partial charge in [0, 0.05) is 0 Å². The Balaban J connectivity index is 0. The van der Waals surface area contributed by atoms with E-state index >= 15 is 0 Å². The smallest absolute Gasteiger partial charge is 0.242 e. The average molecular weight is 309 g/mol. The van der Waals surface area contributed by atoms with Gasteiger partial charge in [0.25, 0.3) is 0 Å². The lowest BCUT2D eigenvalue weighted by molar-refractivity contribution is -0.121. The summed E-state index contributed by atoms with van der Waals surface area (Å²) in [4.78, 5) is 17.9. The highest BCUT2D eigenvalue weighted by atomic mass is 35.5. The Bertz CT molecular complexity index is 374. The Labute approximate surface area is 126 Å². The zero-order chi connectivity index (χ0) is 13.0. The monoisotopic (exact) mass is 308 g/mol. The second-order valence-electron chi connectivity index (χ2n) is 4.61. The van der Waals surface area contributed by atoms with Crippen LogP contribution in [0, 0.1) is 5.92 Å². The van der Waals surface area contributed by atoms with Crippen molar-refractivity contribution < 1.29 is 4.79 Å². The molecular formula is C12H22Cl2N4O. The van der Waals surface area contributed by atoms with Gasteiger partial charge in [0.05, 0.1) is 17.9 Å². The van der Waals surface area contributed by atoms with Crippen molar-refractivity contribution in [1.82, 2.24) is 9.88 Å². The van der Waals surface area contributed by atoms with Gasteiger partial charge in [-0.1, -0.05) is 13.8 Å². The highest BCUT2D eigenvalue weighted by Gasteiger charge is 2.24. The molecular weight excluding hydrogens is 287 g/mol. The number of hydrogen-bond acceptors (Lipinski definition) is 4. The number of carbonyl (C=O) groups is 1. The van der Waals surface area contributed by atoms with Crippen LogP contribution >= 0.6 is 24.8 Å². The molecule has 0 saturated heterocycles. The minimum atomic E-state index is -0.160. The predicted molar refractivity (Wildman–Crippen MR) is 84.1 cm³/mol. The largest absolute Gasteiger partial charge is 0.384 e. The van der Waals surface area contributed by atoms with Gasteiger partial charge < -0.3 is 11.1 Å². The van der Waals surface area contributed by atoms with Crippen LogP contribution in [-0.4, -0.2) is 35.9 Å². The molecule has 110 valence electrons. The number of aromatic nitrogens is 1. The number of anilines is 2. The number of nitrogens with zero attached hydrogens (tertiary/aromatic N) is 2. The van der Waals surface area contributed by atoms with Crippen LogP contribution < -0.4 is 11.1 Å². The lowest BCUT2D eigenvalue weighted by Gasteiger charge is -2.26. The van der Waals surface area contributed by atoms with Crippen molar-refractivity contribution in [3.05, 3.63) is 18.3 Å². The standard InChI is InChI=1S/C12H20N4O.2ClH/c1-8(2)11(16(3)4)12(17)15-9-5-6-10(13)14-7-9;;/h5-8,11H,1-4H3,(H2,13,14)(H,15,17);2*1H. The van der Waals surface area contributed by atoms with E-state index in [1.54, 1.807) is 18.3 Å². The third-order valence-corrected chi connectivity index (χ3v) is 2.51. The predicted octanol–water partition coefficient (Wildman–Crippen LogP) is 2.03. The number of carbonyl (C=O) groups excluding carboxylic acids is 1. The zero-order valence-corrected chi connectivity index (χ0v) is 13.2. The van der Waals surface area contributed by atoms with E-state index in [4.69, 9.17) is 5.73 Å². The topological polar surface area (TPSA) is 71.2 Å². The SMILES string of the molecule is CC(C)C(C(=O)Nc1ccc(N)nc1)N(C)C.Cl.Cl. The maximum Gasteiger partial charge on any atom is 0.242 e. The Morgan fingerprint density at radius 2 is 1.89 bits per heavy atom. The van der Waals surface area contributed by atoms with E-state index in [0.29, 0.717) is 11.5 Å². The molecule has 0 bridgehead atoms. The number of nitrogen functional groups attached to an aromatic ring is 1. The fourth-order valence-corrected chi connectivity index (χ4v) is 1.83. The highest BCUT2D eigenvalue weighted by Crippen LogP contribution is 2.12. The molecule has 5 nitrogen and oxygen atoms in total. The van der Waals surface area contributed by atoms with Gasteiger partial charge >= 0.3 is 0 Å². The summed E-state index contributed by atoms with van der Waals surface area (Å²) in [5.74, 6) is 0.652. The number of rotatable bonds is 4. The molecule has 0 aliphatic carbocycles. The third kappa shape index (κ3) is 6.09. The van der Waals surface area contributed by atoms with Crippen LogP contribution in [0.15, 0.2) is 18.3 Å². The van der Waals surface area contributed by atoms with Crippen LogP contribution in [0.4, 0.5) is 11.5 Å². The summed E-state index contributed by atoms with van der Waals surface area (Å²) in [6.45, 7) is 4.04. The molecule has 0 spiro atoms. The molecule has 1 unspecified atom stereocenters. The molecule has 7 heteroatoms. The fraction of sp³-hybridized carbons (Fsp3) is 0.500. The van der Waals surface area contributed by atoms with Crippen LogP contribution in [0.3, 0.4) is 0 Å². The van der Waals surface area contributed by atoms with Gasteiger partial charge in [0.2, 0.25) is 5.91 Å². The van der Waals surface area contributed by atoms with Crippen molar-refractivity contribution >= 4 is 42.2 Å². The molecule has 0 radical (unpaired) electrons. The molecule has 0 fully saturated rings. The van der Waals surface area contributed by atoms with E-state index in [-0.39, 0.29) is 42.7 Å². The van der Waals surface area contributed by atoms with Gasteiger partial charge in [-0.15, -0.1) is 24.8 Å². The van der Waals surface area contributed by atoms with E-state index < -0.39 is 0 Å². The number of halogens is 2. The number of nitrogens with two attached hydrogens (primary N) is 1. The van der Waals surface area contributed by atoms with Crippen molar-refractivity contribution in [3.63, 3.8) is 0 Å². The summed E-state index contributed by atoms with van der Waals surface area (Å²) >= 11 is 0. The molecule has 0 aliphatic rings. The summed E-state index contributed by atoms with van der Waals surface area (Å²) in [5.41, 5.74) is 6.15. The van der Waals surface area contributed by atoms with Crippen LogP contribution in [0.5, 0.6) is 0 Å². The van der Waals surface area contributed by atoms with Crippen molar-refractivity contribution in [1.29, 1.82) is 0 Å². The molecule has 19 heavy (non-hydrogen) atoms. The lowest BCUT2D eigenvalue weighted by Crippen LogP contribution is -2.43. The van der Waals surface area contributed by atoms with Gasteiger partial charge in [-0.25, -0.2) is 4.98 Å². The van der Waals surface area contributed by atoms with E-state index in [9.17, 15) is 4.79 Å². The van der Waals surface area contributed by atoms with Crippen LogP contribution in [0.1, 0.15) is 13.8 Å². The molecule has 0 aromatic carbocycles. The van der Waals surface area contributed by atoms with Gasteiger partial charge in [-0.05, 0) is 32.1 Å². The second kappa shape index (κ2) is 8.96. The minimum absolute atomic E-state index is 0. The quantitative estimate of drug-likeness (QED) is 0.893. The molecule has 1 rings (SSSR count). The van der Waals surface area contributed by atoms with Crippen molar-refractivity contribution in [2.45, 2.75) is 19.9 Å². The summed E-state index contributed by atoms with van der Waals surface area (Å²) in [6.07, 6.45) is 1.56. The summed E-state index contributed by atoms with van der Waals surface area (Å²) < 4.78 is 0. The number of pyridine rings is 1. The Hall–Kier alpha value is -1.04. The molecule has 1 heterocycles. The molecule has 0 saturated carbocycles. The molecule has 1 amide bonds. The van der Waals surface area contributed by atoms with E-state index in [2.05, 4.69) is 10.3 Å². The molecule has 1 aromatic rings. The van der Waals surface area contributed by atoms with E-state index in [0.717, 1.165) is 0 Å². The summed E-state index contributed by atoms with van der Waals surface area (Å²) in [6, 6.07) is 3.25. The van der Waals surface area contributed by atoms with E-state index in [1.165, 1.54) is 0 Å². The van der Waals surface area contributed by atoms with E-state index in [1.807, 2.05) is 32.8 Å².